The smallest absolute Gasteiger partial charge is 0.237 e. The molecule has 4 rings (SSSR count). The highest BCUT2D eigenvalue weighted by atomic mass is 35.5. The first-order chi connectivity index (χ1) is 12.6. The molecule has 0 aliphatic carbocycles. The van der Waals surface area contributed by atoms with Crippen LogP contribution in [0.25, 0.3) is 10.4 Å². The first kappa shape index (κ1) is 18.3. The molecule has 2 aliphatic heterocycles. The van der Waals surface area contributed by atoms with Gasteiger partial charge in [-0.3, -0.25) is 4.79 Å². The number of carbonyl (C=O) groups is 1. The molecule has 1 unspecified atom stereocenters. The lowest BCUT2D eigenvalue weighted by Crippen LogP contribution is -2.51. The molecule has 3 N–H and O–H groups in total. The molecule has 0 radical (unpaired) electrons. The van der Waals surface area contributed by atoms with Crippen LogP contribution < -0.4 is 16.0 Å². The lowest BCUT2D eigenvalue weighted by molar-refractivity contribution is -0.122. The normalized spacial score (nSPS) is 21.9. The van der Waals surface area contributed by atoms with Crippen LogP contribution in [0.15, 0.2) is 30.3 Å². The summed E-state index contributed by atoms with van der Waals surface area (Å²) in [6.45, 7) is 3.44. The van der Waals surface area contributed by atoms with Gasteiger partial charge in [0.25, 0.3) is 0 Å². The third kappa shape index (κ3) is 3.51. The fourth-order valence-electron chi connectivity index (χ4n) is 3.92. The van der Waals surface area contributed by atoms with E-state index < -0.39 is 0 Å². The van der Waals surface area contributed by atoms with Gasteiger partial charge in [0, 0.05) is 28.3 Å². The standard InChI is InChI=1S/C19H21Cl2N3OS/c20-14-3-1-12(9-15(14)21)16-4-2-13(26-16)10-23-17-18(25)24-11-19(17)5-7-22-8-6-19/h1-4,9,17,22-23H,5-8,10-11H2,(H,24,25). The molecule has 1 aromatic heterocycles. The van der Waals surface area contributed by atoms with E-state index in [9.17, 15) is 4.79 Å². The molecule has 2 aliphatic rings. The number of hydrogen-bond acceptors (Lipinski definition) is 4. The van der Waals surface area contributed by atoms with Gasteiger partial charge in [-0.2, -0.15) is 0 Å². The molecule has 4 nitrogen and oxygen atoms in total. The topological polar surface area (TPSA) is 53.2 Å². The van der Waals surface area contributed by atoms with Crippen LogP contribution in [0.1, 0.15) is 17.7 Å². The maximum absolute atomic E-state index is 12.3. The number of nitrogens with one attached hydrogen (secondary N) is 3. The van der Waals surface area contributed by atoms with E-state index in [0.717, 1.165) is 42.9 Å². The van der Waals surface area contributed by atoms with Gasteiger partial charge in [-0.05, 0) is 55.8 Å². The van der Waals surface area contributed by atoms with Crippen LogP contribution >= 0.6 is 34.5 Å². The fraction of sp³-hybridized carbons (Fsp3) is 0.421. The van der Waals surface area contributed by atoms with Crippen LogP contribution in [0, 0.1) is 5.41 Å². The van der Waals surface area contributed by atoms with Crippen LogP contribution in [0.2, 0.25) is 10.0 Å². The minimum absolute atomic E-state index is 0.0477. The van der Waals surface area contributed by atoms with Gasteiger partial charge in [0.2, 0.25) is 5.91 Å². The predicted molar refractivity (Wildman–Crippen MR) is 108 cm³/mol. The van der Waals surface area contributed by atoms with Crippen molar-refractivity contribution < 1.29 is 4.79 Å². The highest BCUT2D eigenvalue weighted by molar-refractivity contribution is 7.15. The third-order valence-corrected chi connectivity index (χ3v) is 7.31. The predicted octanol–water partition coefficient (Wildman–Crippen LogP) is 3.68. The van der Waals surface area contributed by atoms with E-state index >= 15 is 0 Å². The molecule has 2 fully saturated rings. The Balaban J connectivity index is 1.45. The van der Waals surface area contributed by atoms with E-state index in [2.05, 4.69) is 28.1 Å². The van der Waals surface area contributed by atoms with Crippen molar-refractivity contribution in [3.63, 3.8) is 0 Å². The van der Waals surface area contributed by atoms with E-state index in [1.165, 1.54) is 4.88 Å². The zero-order chi connectivity index (χ0) is 18.1. The molecular formula is C19H21Cl2N3OS. The summed E-state index contributed by atoms with van der Waals surface area (Å²) in [4.78, 5) is 14.7. The second-order valence-corrected chi connectivity index (χ2v) is 9.02. The highest BCUT2D eigenvalue weighted by Crippen LogP contribution is 2.37. The number of carbonyl (C=O) groups excluding carboxylic acids is 1. The number of rotatable bonds is 4. The van der Waals surface area contributed by atoms with Crippen molar-refractivity contribution in [3.05, 3.63) is 45.3 Å². The van der Waals surface area contributed by atoms with E-state index in [1.54, 1.807) is 11.3 Å². The number of amides is 1. The van der Waals surface area contributed by atoms with E-state index in [-0.39, 0.29) is 17.4 Å². The van der Waals surface area contributed by atoms with Gasteiger partial charge in [-0.1, -0.05) is 29.3 Å². The molecule has 0 bridgehead atoms. The van der Waals surface area contributed by atoms with Gasteiger partial charge >= 0.3 is 0 Å². The van der Waals surface area contributed by atoms with Crippen LogP contribution in [0.4, 0.5) is 0 Å². The third-order valence-electron chi connectivity index (χ3n) is 5.43. The van der Waals surface area contributed by atoms with Crippen LogP contribution in [0.5, 0.6) is 0 Å². The van der Waals surface area contributed by atoms with E-state index in [0.29, 0.717) is 16.6 Å². The summed E-state index contributed by atoms with van der Waals surface area (Å²) in [5, 5.41) is 11.1. The molecule has 0 saturated carbocycles. The van der Waals surface area contributed by atoms with E-state index in [4.69, 9.17) is 23.2 Å². The Morgan fingerprint density at radius 3 is 2.73 bits per heavy atom. The van der Waals surface area contributed by atoms with Gasteiger partial charge in [0.05, 0.1) is 16.1 Å². The monoisotopic (exact) mass is 409 g/mol. The molecule has 2 saturated heterocycles. The van der Waals surface area contributed by atoms with Gasteiger partial charge < -0.3 is 16.0 Å². The average Bonchev–Trinajstić information content (AvgIpc) is 3.22. The number of hydrogen-bond donors (Lipinski definition) is 3. The molecule has 7 heteroatoms. The molecule has 1 amide bonds. The molecule has 1 spiro atoms. The van der Waals surface area contributed by atoms with Crippen LogP contribution in [0.3, 0.4) is 0 Å². The van der Waals surface area contributed by atoms with Crippen LogP contribution in [-0.4, -0.2) is 31.6 Å². The molecule has 26 heavy (non-hydrogen) atoms. The minimum atomic E-state index is -0.111. The minimum Gasteiger partial charge on any atom is -0.354 e. The summed E-state index contributed by atoms with van der Waals surface area (Å²) in [5.41, 5.74) is 1.11. The van der Waals surface area contributed by atoms with Crippen molar-refractivity contribution in [2.24, 2.45) is 5.41 Å². The Kier molecular flexibility index (Phi) is 5.26. The van der Waals surface area contributed by atoms with Gasteiger partial charge in [0.15, 0.2) is 0 Å². The molecule has 1 aromatic carbocycles. The SMILES string of the molecule is O=C1NCC2(CCNCC2)C1NCc1ccc(-c2ccc(Cl)c(Cl)c2)s1. The number of piperidine rings is 1. The highest BCUT2D eigenvalue weighted by Gasteiger charge is 2.48. The van der Waals surface area contributed by atoms with Crippen LogP contribution in [-0.2, 0) is 11.3 Å². The lowest BCUT2D eigenvalue weighted by Gasteiger charge is -2.37. The first-order valence-corrected chi connectivity index (χ1v) is 10.4. The Labute approximate surface area is 167 Å². The Morgan fingerprint density at radius 1 is 1.15 bits per heavy atom. The number of thiophene rings is 1. The van der Waals surface area contributed by atoms with Gasteiger partial charge in [-0.15, -0.1) is 11.3 Å². The van der Waals surface area contributed by atoms with Crippen molar-refractivity contribution in [2.75, 3.05) is 19.6 Å². The molecule has 138 valence electrons. The van der Waals surface area contributed by atoms with Gasteiger partial charge in [-0.25, -0.2) is 0 Å². The zero-order valence-corrected chi connectivity index (χ0v) is 16.6. The average molecular weight is 410 g/mol. The summed E-state index contributed by atoms with van der Waals surface area (Å²) in [7, 11) is 0. The molecular weight excluding hydrogens is 389 g/mol. The first-order valence-electron chi connectivity index (χ1n) is 8.83. The Bertz CT molecular complexity index is 817. The molecule has 1 atom stereocenters. The maximum atomic E-state index is 12.3. The van der Waals surface area contributed by atoms with Crippen molar-refractivity contribution in [1.29, 1.82) is 0 Å². The summed E-state index contributed by atoms with van der Waals surface area (Å²) >= 11 is 13.8. The summed E-state index contributed by atoms with van der Waals surface area (Å²) < 4.78 is 0. The fourth-order valence-corrected chi connectivity index (χ4v) is 5.18. The maximum Gasteiger partial charge on any atom is 0.237 e. The van der Waals surface area contributed by atoms with Crippen molar-refractivity contribution in [1.82, 2.24) is 16.0 Å². The van der Waals surface area contributed by atoms with E-state index in [1.807, 2.05) is 18.2 Å². The largest absolute Gasteiger partial charge is 0.354 e. The second-order valence-electron chi connectivity index (χ2n) is 7.04. The summed E-state index contributed by atoms with van der Waals surface area (Å²) in [6.07, 6.45) is 2.06. The molecule has 3 heterocycles. The summed E-state index contributed by atoms with van der Waals surface area (Å²) in [6, 6.07) is 9.78. The zero-order valence-electron chi connectivity index (χ0n) is 14.3. The van der Waals surface area contributed by atoms with Crippen molar-refractivity contribution in [2.45, 2.75) is 25.4 Å². The Morgan fingerprint density at radius 2 is 1.96 bits per heavy atom. The number of benzene rings is 1. The van der Waals surface area contributed by atoms with Gasteiger partial charge in [0.1, 0.15) is 0 Å². The number of halogens is 2. The Hall–Kier alpha value is -1.11. The van der Waals surface area contributed by atoms with Crippen molar-refractivity contribution in [3.8, 4) is 10.4 Å². The lowest BCUT2D eigenvalue weighted by atomic mass is 9.75. The second kappa shape index (κ2) is 7.49. The summed E-state index contributed by atoms with van der Waals surface area (Å²) in [5.74, 6) is 0.133. The van der Waals surface area contributed by atoms with Crippen molar-refractivity contribution >= 4 is 40.4 Å². The molecule has 2 aromatic rings. The quantitative estimate of drug-likeness (QED) is 0.721.